The number of rotatable bonds is 5. The van der Waals surface area contributed by atoms with Crippen molar-refractivity contribution in [2.45, 2.75) is 13.5 Å². The molecule has 0 saturated carbocycles. The molecule has 0 radical (unpaired) electrons. The molecule has 18 heavy (non-hydrogen) atoms. The molecule has 0 aromatic carbocycles. The maximum absolute atomic E-state index is 11.3. The van der Waals surface area contributed by atoms with E-state index in [1.807, 2.05) is 6.92 Å². The lowest BCUT2D eigenvalue weighted by Gasteiger charge is -2.07. The molecule has 0 N–H and O–H groups in total. The lowest BCUT2D eigenvalue weighted by molar-refractivity contribution is 0.168. The van der Waals surface area contributed by atoms with Crippen LogP contribution in [-0.2, 0) is 15.8 Å². The zero-order valence-corrected chi connectivity index (χ0v) is 11.7. The predicted molar refractivity (Wildman–Crippen MR) is 70.3 cm³/mol. The third-order valence-electron chi connectivity index (χ3n) is 2.28. The van der Waals surface area contributed by atoms with E-state index in [9.17, 15) is 4.57 Å². The molecule has 2 atom stereocenters. The van der Waals surface area contributed by atoms with Gasteiger partial charge in [-0.15, -0.1) is 0 Å². The minimum absolute atomic E-state index is 0.122. The Morgan fingerprint density at radius 1 is 1.56 bits per heavy atom. The second kappa shape index (κ2) is 5.34. The molecule has 6 nitrogen and oxygen atoms in total. The van der Waals surface area contributed by atoms with E-state index in [4.69, 9.17) is 17.3 Å². The molecule has 2 unspecified atom stereocenters. The lowest BCUT2D eigenvalue weighted by atomic mass is 10.4. The smallest absolute Gasteiger partial charge is 0.190 e. The van der Waals surface area contributed by atoms with Gasteiger partial charge in [-0.2, -0.15) is 0 Å². The first-order chi connectivity index (χ1) is 8.87. The third kappa shape index (κ3) is 3.28. The fourth-order valence-corrected chi connectivity index (χ4v) is 1.99. The van der Waals surface area contributed by atoms with Crippen LogP contribution in [0, 0.1) is 6.92 Å². The van der Waals surface area contributed by atoms with Gasteiger partial charge in [0.2, 0.25) is 0 Å². The maximum atomic E-state index is 11.3. The molecule has 0 fully saturated rings. The molecule has 2 rings (SSSR count). The monoisotopic (exact) mass is 290 g/mol. The topological polar surface area (TPSA) is 69.9 Å². The van der Waals surface area contributed by atoms with Crippen LogP contribution in [-0.4, -0.2) is 39.1 Å². The highest BCUT2D eigenvalue weighted by atomic mass is 35.7. The van der Waals surface area contributed by atoms with E-state index >= 15 is 0 Å². The van der Waals surface area contributed by atoms with E-state index in [1.165, 1.54) is 13.0 Å². The average molecular weight is 291 g/mol. The van der Waals surface area contributed by atoms with Crippen molar-refractivity contribution < 1.29 is 10.7 Å². The molecule has 0 spiro atoms. The van der Waals surface area contributed by atoms with Crippen molar-refractivity contribution in [2.75, 3.05) is 19.6 Å². The summed E-state index contributed by atoms with van der Waals surface area (Å²) in [5, 5.41) is 0. The van der Waals surface area contributed by atoms with E-state index in [0.717, 1.165) is 5.69 Å². The number of halogens is 1. The van der Waals surface area contributed by atoms with Crippen LogP contribution < -0.4 is 0 Å². The Morgan fingerprint density at radius 3 is 3.06 bits per heavy atom. The second-order valence-corrected chi connectivity index (χ2v) is 8.35. The van der Waals surface area contributed by atoms with Crippen molar-refractivity contribution in [1.82, 2.24) is 19.5 Å². The number of fused-ring (bicyclic) bond motifs is 1. The summed E-state index contributed by atoms with van der Waals surface area (Å²) in [6.45, 7) is -0.170. The SMILES string of the molecule is [3H]C(Cn1cnc2c(C)ncnc21)OCP(C)(=O)Cl. The summed E-state index contributed by atoms with van der Waals surface area (Å²) in [5.74, 6) is 0. The Bertz CT molecular complexity index is 629. The predicted octanol–water partition coefficient (Wildman–Crippen LogP) is 2.26. The summed E-state index contributed by atoms with van der Waals surface area (Å²) in [6.07, 6.45) is 2.92. The van der Waals surface area contributed by atoms with E-state index in [2.05, 4.69) is 15.0 Å². The average Bonchev–Trinajstić information content (AvgIpc) is 2.71. The van der Waals surface area contributed by atoms with Crippen molar-refractivity contribution in [1.29, 1.82) is 0 Å². The summed E-state index contributed by atoms with van der Waals surface area (Å²) in [4.78, 5) is 12.4. The zero-order valence-electron chi connectivity index (χ0n) is 11.1. The number of aromatic nitrogens is 4. The molecular formula is C10H14ClN4O2P. The number of imidazole rings is 1. The van der Waals surface area contributed by atoms with Crippen LogP contribution in [0.4, 0.5) is 0 Å². The number of hydrogen-bond acceptors (Lipinski definition) is 5. The highest BCUT2D eigenvalue weighted by Gasteiger charge is 2.10. The lowest BCUT2D eigenvalue weighted by Crippen LogP contribution is -2.06. The Hall–Kier alpha value is -0.970. The fourth-order valence-electron chi connectivity index (χ4n) is 1.45. The van der Waals surface area contributed by atoms with Gasteiger partial charge in [-0.25, -0.2) is 15.0 Å². The van der Waals surface area contributed by atoms with Crippen molar-refractivity contribution in [3.8, 4) is 0 Å². The molecule has 8 heteroatoms. The molecular weight excluding hydrogens is 275 g/mol. The van der Waals surface area contributed by atoms with Crippen molar-refractivity contribution in [2.24, 2.45) is 0 Å². The second-order valence-electron chi connectivity index (χ2n) is 3.98. The molecule has 2 heterocycles. The number of ether oxygens (including phenoxy) is 1. The van der Waals surface area contributed by atoms with Crippen LogP contribution in [0.1, 0.15) is 7.06 Å². The summed E-state index contributed by atoms with van der Waals surface area (Å²) in [6, 6.07) is 0. The number of hydrogen-bond donors (Lipinski definition) is 0. The van der Waals surface area contributed by atoms with Gasteiger partial charge in [-0.3, -0.25) is 0 Å². The highest BCUT2D eigenvalue weighted by Crippen LogP contribution is 2.46. The van der Waals surface area contributed by atoms with Crippen molar-refractivity contribution in [3.05, 3.63) is 18.3 Å². The van der Waals surface area contributed by atoms with Gasteiger partial charge in [0.15, 0.2) is 12.1 Å². The summed E-state index contributed by atoms with van der Waals surface area (Å²) in [5.41, 5.74) is 2.14. The van der Waals surface area contributed by atoms with E-state index < -0.39 is 13.1 Å². The normalized spacial score (nSPS) is 17.4. The largest absolute Gasteiger partial charge is 0.371 e. The first-order valence-corrected chi connectivity index (χ1v) is 8.54. The minimum Gasteiger partial charge on any atom is -0.371 e. The van der Waals surface area contributed by atoms with Crippen LogP contribution in [0.15, 0.2) is 12.7 Å². The Labute approximate surface area is 111 Å². The van der Waals surface area contributed by atoms with Gasteiger partial charge in [-0.05, 0) is 6.92 Å². The van der Waals surface area contributed by atoms with E-state index in [1.54, 1.807) is 10.9 Å². The van der Waals surface area contributed by atoms with Crippen LogP contribution in [0.25, 0.3) is 11.2 Å². The maximum Gasteiger partial charge on any atom is 0.190 e. The van der Waals surface area contributed by atoms with Crippen LogP contribution in [0.2, 0.25) is 0 Å². The molecule has 0 aliphatic heterocycles. The van der Waals surface area contributed by atoms with Gasteiger partial charge in [-0.1, -0.05) is 11.2 Å². The Morgan fingerprint density at radius 2 is 2.33 bits per heavy atom. The minimum atomic E-state index is -2.79. The fraction of sp³-hybridized carbons (Fsp3) is 0.500. The van der Waals surface area contributed by atoms with Crippen LogP contribution in [0.5, 0.6) is 0 Å². The van der Waals surface area contributed by atoms with E-state index in [0.29, 0.717) is 11.2 Å². The molecule has 0 amide bonds. The number of nitrogens with zero attached hydrogens (tertiary/aromatic N) is 4. The van der Waals surface area contributed by atoms with Crippen LogP contribution in [0.3, 0.4) is 0 Å². The standard InChI is InChI=1S/C10H14ClN4O2P/c1-8-9-10(13-5-12-8)15(6-14-9)3-4-17-7-18(2,11)16/h5-6H,3-4,7H2,1-2H3/i4T. The van der Waals surface area contributed by atoms with Gasteiger partial charge >= 0.3 is 0 Å². The van der Waals surface area contributed by atoms with Crippen LogP contribution >= 0.6 is 17.7 Å². The molecule has 0 saturated heterocycles. The van der Waals surface area contributed by atoms with E-state index in [-0.39, 0.29) is 12.9 Å². The van der Waals surface area contributed by atoms with Crippen molar-refractivity contribution >= 4 is 28.9 Å². The van der Waals surface area contributed by atoms with Gasteiger partial charge < -0.3 is 13.9 Å². The highest BCUT2D eigenvalue weighted by molar-refractivity contribution is 7.88. The van der Waals surface area contributed by atoms with Gasteiger partial charge in [0.05, 0.1) is 20.0 Å². The number of aryl methyl sites for hydroxylation is 2. The summed E-state index contributed by atoms with van der Waals surface area (Å²) in [7, 11) is 0. The molecule has 2 aromatic heterocycles. The van der Waals surface area contributed by atoms with Crippen molar-refractivity contribution in [3.63, 3.8) is 0 Å². The Kier molecular flexibility index (Phi) is 3.59. The summed E-state index contributed by atoms with van der Waals surface area (Å²) < 4.78 is 25.9. The molecule has 2 aromatic rings. The zero-order chi connectivity index (χ0) is 14.0. The first-order valence-electron chi connectivity index (χ1n) is 5.87. The third-order valence-corrected chi connectivity index (χ3v) is 3.18. The molecule has 98 valence electrons. The Balaban J connectivity index is 2.09. The quantitative estimate of drug-likeness (QED) is 0.790. The van der Waals surface area contributed by atoms with Gasteiger partial charge in [0, 0.05) is 13.2 Å². The molecule has 0 aliphatic carbocycles. The van der Waals surface area contributed by atoms with Gasteiger partial charge in [0.1, 0.15) is 18.2 Å². The van der Waals surface area contributed by atoms with Gasteiger partial charge in [0.25, 0.3) is 0 Å². The molecule has 0 bridgehead atoms. The summed E-state index contributed by atoms with van der Waals surface area (Å²) >= 11 is 5.58. The first kappa shape index (κ1) is 12.1. The molecule has 0 aliphatic rings.